The van der Waals surface area contributed by atoms with Gasteiger partial charge in [-0.1, -0.05) is 0 Å². The minimum absolute atomic E-state index is 0.232. The normalized spacial score (nSPS) is 11.3. The van der Waals surface area contributed by atoms with Crippen molar-refractivity contribution >= 4 is 28.2 Å². The van der Waals surface area contributed by atoms with Crippen molar-refractivity contribution in [1.82, 2.24) is 0 Å². The Kier molecular flexibility index (Phi) is 3.90. The van der Waals surface area contributed by atoms with Gasteiger partial charge in [0.25, 0.3) is 5.91 Å². The van der Waals surface area contributed by atoms with Gasteiger partial charge in [0.1, 0.15) is 10.5 Å². The van der Waals surface area contributed by atoms with Crippen molar-refractivity contribution in [3.05, 3.63) is 16.5 Å². The molecule has 0 fully saturated rings. The van der Waals surface area contributed by atoms with Gasteiger partial charge in [-0.25, -0.2) is 4.79 Å². The van der Waals surface area contributed by atoms with Gasteiger partial charge in [0, 0.05) is 7.11 Å². The molecule has 2 N–H and O–H groups in total. The predicted molar refractivity (Wildman–Crippen MR) is 65.7 cm³/mol. The van der Waals surface area contributed by atoms with Crippen molar-refractivity contribution in [2.45, 2.75) is 26.4 Å². The summed E-state index contributed by atoms with van der Waals surface area (Å²) >= 11 is 1.04. The lowest BCUT2D eigenvalue weighted by Crippen LogP contribution is -2.38. The first-order valence-electron chi connectivity index (χ1n) is 4.98. The quantitative estimate of drug-likeness (QED) is 0.866. The number of aromatic carboxylic acids is 1. The number of aryl methyl sites for hydroxylation is 1. The number of carbonyl (C=O) groups excluding carboxylic acids is 1. The largest absolute Gasteiger partial charge is 0.477 e. The summed E-state index contributed by atoms with van der Waals surface area (Å²) in [6.45, 7) is 4.97. The number of carbonyl (C=O) groups is 2. The summed E-state index contributed by atoms with van der Waals surface area (Å²) in [5.41, 5.74) is -0.311. The number of hydrogen-bond donors (Lipinski definition) is 2. The zero-order valence-electron chi connectivity index (χ0n) is 10.2. The van der Waals surface area contributed by atoms with E-state index in [1.165, 1.54) is 7.11 Å². The van der Waals surface area contributed by atoms with Gasteiger partial charge in [-0.15, -0.1) is 11.3 Å². The Balaban J connectivity index is 2.87. The summed E-state index contributed by atoms with van der Waals surface area (Å²) in [6, 6.07) is 1.64. The average Bonchev–Trinajstić information content (AvgIpc) is 2.59. The monoisotopic (exact) mass is 257 g/mol. The number of anilines is 1. The van der Waals surface area contributed by atoms with Crippen LogP contribution in [0.25, 0.3) is 0 Å². The molecule has 0 atom stereocenters. The maximum atomic E-state index is 11.8. The summed E-state index contributed by atoms with van der Waals surface area (Å²) in [7, 11) is 1.45. The van der Waals surface area contributed by atoms with Gasteiger partial charge in [0.15, 0.2) is 0 Å². The number of carboxylic acid groups (broad SMARTS) is 1. The third-order valence-corrected chi connectivity index (χ3v) is 3.55. The van der Waals surface area contributed by atoms with E-state index in [0.717, 1.165) is 11.3 Å². The standard InChI is InChI=1S/C11H15NO4S/c1-6-5-7(17-8(6)9(13)14)12-10(15)11(2,3)16-4/h5H,1-4H3,(H,12,15)(H,13,14). The average molecular weight is 257 g/mol. The van der Waals surface area contributed by atoms with Crippen LogP contribution in [0.1, 0.15) is 29.1 Å². The summed E-state index contributed by atoms with van der Waals surface area (Å²) < 4.78 is 5.03. The molecule has 0 unspecified atom stereocenters. The van der Waals surface area contributed by atoms with E-state index in [1.807, 2.05) is 0 Å². The SMILES string of the molecule is COC(C)(C)C(=O)Nc1cc(C)c(C(=O)O)s1. The Bertz CT molecular complexity index is 450. The molecule has 0 saturated heterocycles. The second kappa shape index (κ2) is 4.85. The van der Waals surface area contributed by atoms with Crippen LogP contribution >= 0.6 is 11.3 Å². The minimum Gasteiger partial charge on any atom is -0.477 e. The third kappa shape index (κ3) is 3.04. The van der Waals surface area contributed by atoms with Gasteiger partial charge < -0.3 is 15.2 Å². The number of methoxy groups -OCH3 is 1. The molecule has 1 aromatic rings. The number of rotatable bonds is 4. The fourth-order valence-corrected chi connectivity index (χ4v) is 2.02. The van der Waals surface area contributed by atoms with E-state index in [1.54, 1.807) is 26.8 Å². The lowest BCUT2D eigenvalue weighted by Gasteiger charge is -2.20. The minimum atomic E-state index is -0.987. The van der Waals surface area contributed by atoms with Gasteiger partial charge in [-0.3, -0.25) is 4.79 Å². The second-order valence-electron chi connectivity index (χ2n) is 4.10. The van der Waals surface area contributed by atoms with Crippen molar-refractivity contribution in [3.8, 4) is 0 Å². The first kappa shape index (κ1) is 13.7. The lowest BCUT2D eigenvalue weighted by molar-refractivity contribution is -0.133. The van der Waals surface area contributed by atoms with Gasteiger partial charge in [0.2, 0.25) is 0 Å². The van der Waals surface area contributed by atoms with Crippen molar-refractivity contribution in [2.24, 2.45) is 0 Å². The highest BCUT2D eigenvalue weighted by molar-refractivity contribution is 7.18. The van der Waals surface area contributed by atoms with Crippen molar-refractivity contribution in [2.75, 3.05) is 12.4 Å². The molecule has 0 aliphatic rings. The maximum Gasteiger partial charge on any atom is 0.346 e. The number of amides is 1. The Morgan fingerprint density at radius 2 is 2.06 bits per heavy atom. The van der Waals surface area contributed by atoms with Crippen molar-refractivity contribution in [1.29, 1.82) is 0 Å². The molecule has 1 amide bonds. The van der Waals surface area contributed by atoms with Crippen LogP contribution in [0, 0.1) is 6.92 Å². The Morgan fingerprint density at radius 1 is 1.47 bits per heavy atom. The summed E-state index contributed by atoms with van der Waals surface area (Å²) in [5, 5.41) is 12.0. The molecule has 1 heterocycles. The first-order chi connectivity index (χ1) is 7.77. The lowest BCUT2D eigenvalue weighted by atomic mass is 10.1. The van der Waals surface area contributed by atoms with Crippen LogP contribution in [0.3, 0.4) is 0 Å². The van der Waals surface area contributed by atoms with Gasteiger partial charge in [0.05, 0.1) is 5.00 Å². The highest BCUT2D eigenvalue weighted by Gasteiger charge is 2.27. The molecule has 0 saturated carbocycles. The number of thiophene rings is 1. The highest BCUT2D eigenvalue weighted by atomic mass is 32.1. The Morgan fingerprint density at radius 3 is 2.47 bits per heavy atom. The first-order valence-corrected chi connectivity index (χ1v) is 5.80. The molecule has 1 aromatic heterocycles. The van der Waals surface area contributed by atoms with E-state index < -0.39 is 11.6 Å². The van der Waals surface area contributed by atoms with Crippen LogP contribution in [-0.2, 0) is 9.53 Å². The van der Waals surface area contributed by atoms with Gasteiger partial charge in [-0.05, 0) is 32.4 Å². The Hall–Kier alpha value is -1.40. The molecule has 0 radical (unpaired) electrons. The second-order valence-corrected chi connectivity index (χ2v) is 5.15. The fraction of sp³-hybridized carbons (Fsp3) is 0.455. The Labute approximate surface area is 103 Å². The van der Waals surface area contributed by atoms with E-state index in [-0.39, 0.29) is 10.8 Å². The van der Waals surface area contributed by atoms with Crippen molar-refractivity contribution in [3.63, 3.8) is 0 Å². The van der Waals surface area contributed by atoms with Crippen molar-refractivity contribution < 1.29 is 19.4 Å². The number of nitrogens with one attached hydrogen (secondary N) is 1. The topological polar surface area (TPSA) is 75.6 Å². The van der Waals surface area contributed by atoms with E-state index in [2.05, 4.69) is 5.32 Å². The molecule has 94 valence electrons. The number of carboxylic acids is 1. The molecule has 6 heteroatoms. The zero-order chi connectivity index (χ0) is 13.2. The molecule has 1 rings (SSSR count). The van der Waals surface area contributed by atoms with Crippen LogP contribution in [-0.4, -0.2) is 29.7 Å². The summed E-state index contributed by atoms with van der Waals surface area (Å²) in [4.78, 5) is 22.9. The molecular weight excluding hydrogens is 242 g/mol. The van der Waals surface area contributed by atoms with E-state index in [0.29, 0.717) is 10.6 Å². The van der Waals surface area contributed by atoms with Crippen LogP contribution in [0.15, 0.2) is 6.07 Å². The van der Waals surface area contributed by atoms with Crippen LogP contribution < -0.4 is 5.32 Å². The van der Waals surface area contributed by atoms with E-state index in [4.69, 9.17) is 9.84 Å². The summed E-state index contributed by atoms with van der Waals surface area (Å²) in [5.74, 6) is -1.29. The zero-order valence-corrected chi connectivity index (χ0v) is 11.0. The third-order valence-electron chi connectivity index (χ3n) is 2.41. The van der Waals surface area contributed by atoms with Crippen LogP contribution in [0.2, 0.25) is 0 Å². The molecule has 0 aliphatic heterocycles. The van der Waals surface area contributed by atoms with Gasteiger partial charge >= 0.3 is 5.97 Å². The van der Waals surface area contributed by atoms with Crippen LogP contribution in [0.4, 0.5) is 5.00 Å². The van der Waals surface area contributed by atoms with Crippen LogP contribution in [0.5, 0.6) is 0 Å². The number of ether oxygens (including phenoxy) is 1. The molecule has 17 heavy (non-hydrogen) atoms. The summed E-state index contributed by atoms with van der Waals surface area (Å²) in [6.07, 6.45) is 0. The van der Waals surface area contributed by atoms with E-state index in [9.17, 15) is 9.59 Å². The molecular formula is C11H15NO4S. The fourth-order valence-electron chi connectivity index (χ4n) is 1.11. The van der Waals surface area contributed by atoms with E-state index >= 15 is 0 Å². The van der Waals surface area contributed by atoms with Gasteiger partial charge in [-0.2, -0.15) is 0 Å². The molecule has 0 bridgehead atoms. The molecule has 0 aromatic carbocycles. The number of hydrogen-bond acceptors (Lipinski definition) is 4. The molecule has 0 spiro atoms. The highest BCUT2D eigenvalue weighted by Crippen LogP contribution is 2.27. The molecule has 5 nitrogen and oxygen atoms in total. The maximum absolute atomic E-state index is 11.8. The molecule has 0 aliphatic carbocycles. The predicted octanol–water partition coefficient (Wildman–Crippen LogP) is 2.12. The smallest absolute Gasteiger partial charge is 0.346 e.